The lowest BCUT2D eigenvalue weighted by Gasteiger charge is -2.32. The van der Waals surface area contributed by atoms with Gasteiger partial charge in [-0.1, -0.05) is 12.8 Å². The van der Waals surface area contributed by atoms with Crippen molar-refractivity contribution in [2.24, 2.45) is 5.73 Å². The summed E-state index contributed by atoms with van der Waals surface area (Å²) in [5, 5.41) is 0. The van der Waals surface area contributed by atoms with E-state index in [1.807, 2.05) is 4.90 Å². The van der Waals surface area contributed by atoms with E-state index in [0.29, 0.717) is 26.2 Å². The van der Waals surface area contributed by atoms with Gasteiger partial charge in [0.25, 0.3) is 10.2 Å². The predicted octanol–water partition coefficient (Wildman–Crippen LogP) is -0.353. The molecule has 2 fully saturated rings. The Labute approximate surface area is 127 Å². The smallest absolute Gasteiger partial charge is 0.279 e. The summed E-state index contributed by atoms with van der Waals surface area (Å²) in [6.45, 7) is 2.91. The molecule has 21 heavy (non-hydrogen) atoms. The molecule has 3 N–H and O–H groups in total. The molecule has 0 radical (unpaired) electrons. The maximum atomic E-state index is 12.4. The monoisotopic (exact) mass is 318 g/mol. The number of rotatable bonds is 5. The molecule has 1 amide bonds. The van der Waals surface area contributed by atoms with Crippen LogP contribution in [-0.2, 0) is 15.0 Å². The number of hydrogen-bond donors (Lipinski definition) is 2. The van der Waals surface area contributed by atoms with Crippen LogP contribution in [0.4, 0.5) is 0 Å². The minimum atomic E-state index is -3.37. The molecule has 2 aliphatic heterocycles. The van der Waals surface area contributed by atoms with Gasteiger partial charge in [0, 0.05) is 32.2 Å². The van der Waals surface area contributed by atoms with Crippen molar-refractivity contribution in [3.8, 4) is 0 Å². The van der Waals surface area contributed by atoms with Crippen molar-refractivity contribution in [1.29, 1.82) is 0 Å². The van der Waals surface area contributed by atoms with Crippen LogP contribution in [0.15, 0.2) is 0 Å². The number of primary amides is 1. The van der Waals surface area contributed by atoms with Crippen molar-refractivity contribution < 1.29 is 13.2 Å². The number of carbonyl (C=O) groups is 1. The van der Waals surface area contributed by atoms with Crippen LogP contribution in [0.2, 0.25) is 0 Å². The summed E-state index contributed by atoms with van der Waals surface area (Å²) in [7, 11) is -3.37. The normalized spacial score (nSPS) is 23.8. The highest BCUT2D eigenvalue weighted by Gasteiger charge is 2.28. The fourth-order valence-electron chi connectivity index (χ4n) is 3.00. The second-order valence-electron chi connectivity index (χ2n) is 5.95. The third-order valence-corrected chi connectivity index (χ3v) is 5.86. The van der Waals surface area contributed by atoms with Gasteiger partial charge in [-0.05, 0) is 25.7 Å². The molecule has 8 heteroatoms. The largest absolute Gasteiger partial charge is 0.369 e. The van der Waals surface area contributed by atoms with Crippen molar-refractivity contribution in [3.63, 3.8) is 0 Å². The molecule has 0 saturated carbocycles. The number of carbonyl (C=O) groups excluding carboxylic acids is 1. The molecule has 2 saturated heterocycles. The third-order valence-electron chi connectivity index (χ3n) is 4.19. The molecule has 2 rings (SSSR count). The highest BCUT2D eigenvalue weighted by molar-refractivity contribution is 7.87. The first kappa shape index (κ1) is 16.7. The highest BCUT2D eigenvalue weighted by atomic mass is 32.2. The molecule has 0 unspecified atom stereocenters. The Bertz CT molecular complexity index is 438. The molecule has 0 bridgehead atoms. The molecular weight excluding hydrogens is 292 g/mol. The minimum Gasteiger partial charge on any atom is -0.369 e. The summed E-state index contributed by atoms with van der Waals surface area (Å²) in [6.07, 6.45) is 5.55. The summed E-state index contributed by atoms with van der Waals surface area (Å²) in [5.41, 5.74) is 5.17. The summed E-state index contributed by atoms with van der Waals surface area (Å²) in [4.78, 5) is 12.9. The number of nitrogens with zero attached hydrogens (tertiary/aromatic N) is 2. The topological polar surface area (TPSA) is 95.7 Å². The van der Waals surface area contributed by atoms with Crippen molar-refractivity contribution in [1.82, 2.24) is 13.9 Å². The second-order valence-corrected chi connectivity index (χ2v) is 7.66. The minimum absolute atomic E-state index is 0.0395. The van der Waals surface area contributed by atoms with Gasteiger partial charge < -0.3 is 5.73 Å². The SMILES string of the molecule is NC(=O)CN1CCC(NS(=O)(=O)N2CCCCCC2)CC1. The van der Waals surface area contributed by atoms with E-state index < -0.39 is 10.2 Å². The Morgan fingerprint density at radius 1 is 1.05 bits per heavy atom. The molecule has 0 aromatic rings. The molecule has 0 aliphatic carbocycles. The first-order valence-electron chi connectivity index (χ1n) is 7.75. The van der Waals surface area contributed by atoms with Crippen LogP contribution in [0.3, 0.4) is 0 Å². The van der Waals surface area contributed by atoms with Crippen LogP contribution in [0, 0.1) is 0 Å². The molecule has 0 aromatic carbocycles. The molecule has 0 atom stereocenters. The van der Waals surface area contributed by atoms with Gasteiger partial charge in [0.1, 0.15) is 0 Å². The average Bonchev–Trinajstić information content (AvgIpc) is 2.69. The number of likely N-dealkylation sites (tertiary alicyclic amines) is 1. The Morgan fingerprint density at radius 3 is 2.14 bits per heavy atom. The number of nitrogens with one attached hydrogen (secondary N) is 1. The van der Waals surface area contributed by atoms with Gasteiger partial charge in [-0.25, -0.2) is 0 Å². The fraction of sp³-hybridized carbons (Fsp3) is 0.923. The second kappa shape index (κ2) is 7.53. The lowest BCUT2D eigenvalue weighted by molar-refractivity contribution is -0.119. The molecule has 2 heterocycles. The Hall–Kier alpha value is -0.700. The summed E-state index contributed by atoms with van der Waals surface area (Å²) in [5.74, 6) is -0.335. The van der Waals surface area contributed by atoms with Gasteiger partial charge in [-0.3, -0.25) is 9.69 Å². The highest BCUT2D eigenvalue weighted by Crippen LogP contribution is 2.15. The first-order chi connectivity index (χ1) is 9.97. The number of amides is 1. The molecule has 2 aliphatic rings. The fourth-order valence-corrected chi connectivity index (χ4v) is 4.54. The van der Waals surface area contributed by atoms with Crippen molar-refractivity contribution in [2.45, 2.75) is 44.6 Å². The first-order valence-corrected chi connectivity index (χ1v) is 9.19. The zero-order valence-corrected chi connectivity index (χ0v) is 13.3. The molecule has 0 spiro atoms. The quantitative estimate of drug-likeness (QED) is 0.724. The van der Waals surface area contributed by atoms with Crippen molar-refractivity contribution in [3.05, 3.63) is 0 Å². The summed E-state index contributed by atoms with van der Waals surface area (Å²) < 4.78 is 29.2. The van der Waals surface area contributed by atoms with E-state index in [1.54, 1.807) is 4.31 Å². The van der Waals surface area contributed by atoms with Crippen LogP contribution >= 0.6 is 0 Å². The van der Waals surface area contributed by atoms with E-state index >= 15 is 0 Å². The van der Waals surface area contributed by atoms with E-state index in [9.17, 15) is 13.2 Å². The van der Waals surface area contributed by atoms with Gasteiger partial charge in [0.2, 0.25) is 5.91 Å². The Morgan fingerprint density at radius 2 is 1.62 bits per heavy atom. The van der Waals surface area contributed by atoms with Gasteiger partial charge in [-0.15, -0.1) is 0 Å². The Kier molecular flexibility index (Phi) is 5.98. The lowest BCUT2D eigenvalue weighted by atomic mass is 10.1. The average molecular weight is 318 g/mol. The Balaban J connectivity index is 1.82. The summed E-state index contributed by atoms with van der Waals surface area (Å²) >= 11 is 0. The van der Waals surface area contributed by atoms with Crippen LogP contribution < -0.4 is 10.5 Å². The third kappa shape index (κ3) is 5.21. The van der Waals surface area contributed by atoms with E-state index in [-0.39, 0.29) is 18.5 Å². The van der Waals surface area contributed by atoms with Crippen LogP contribution in [0.25, 0.3) is 0 Å². The number of piperidine rings is 1. The molecular formula is C13H26N4O3S. The predicted molar refractivity (Wildman–Crippen MR) is 80.8 cm³/mol. The van der Waals surface area contributed by atoms with Crippen LogP contribution in [0.1, 0.15) is 38.5 Å². The maximum Gasteiger partial charge on any atom is 0.279 e. The van der Waals surface area contributed by atoms with E-state index in [4.69, 9.17) is 5.73 Å². The van der Waals surface area contributed by atoms with Crippen LogP contribution in [0.5, 0.6) is 0 Å². The van der Waals surface area contributed by atoms with E-state index in [0.717, 1.165) is 38.5 Å². The molecule has 122 valence electrons. The molecule has 7 nitrogen and oxygen atoms in total. The van der Waals surface area contributed by atoms with Gasteiger partial charge in [0.05, 0.1) is 6.54 Å². The van der Waals surface area contributed by atoms with Crippen molar-refractivity contribution >= 4 is 16.1 Å². The maximum absolute atomic E-state index is 12.4. The van der Waals surface area contributed by atoms with E-state index in [1.165, 1.54) is 0 Å². The van der Waals surface area contributed by atoms with Crippen molar-refractivity contribution in [2.75, 3.05) is 32.7 Å². The van der Waals surface area contributed by atoms with E-state index in [2.05, 4.69) is 4.72 Å². The van der Waals surface area contributed by atoms with Crippen LogP contribution in [-0.4, -0.2) is 62.3 Å². The standard InChI is InChI=1S/C13H26N4O3S/c14-13(18)11-16-9-5-12(6-10-16)15-21(19,20)17-7-3-1-2-4-8-17/h12,15H,1-11H2,(H2,14,18). The zero-order chi connectivity index (χ0) is 15.3. The van der Waals surface area contributed by atoms with Gasteiger partial charge in [0.15, 0.2) is 0 Å². The summed E-state index contributed by atoms with van der Waals surface area (Å²) in [6, 6.07) is -0.0395. The van der Waals surface area contributed by atoms with Gasteiger partial charge in [-0.2, -0.15) is 17.4 Å². The van der Waals surface area contributed by atoms with Gasteiger partial charge >= 0.3 is 0 Å². The molecule has 0 aromatic heterocycles. The number of nitrogens with two attached hydrogens (primary N) is 1. The number of hydrogen-bond acceptors (Lipinski definition) is 4. The lowest BCUT2D eigenvalue weighted by Crippen LogP contribution is -2.50. The zero-order valence-electron chi connectivity index (χ0n) is 12.5.